The summed E-state index contributed by atoms with van der Waals surface area (Å²) in [4.78, 5) is 31.7. The molecular weight excluding hydrogens is 296 g/mol. The molecule has 0 unspecified atom stereocenters. The van der Waals surface area contributed by atoms with E-state index in [4.69, 9.17) is 19.6 Å². The normalized spacial score (nSPS) is 21.3. The zero-order valence-electron chi connectivity index (χ0n) is 13.0. The van der Waals surface area contributed by atoms with E-state index in [1.807, 2.05) is 24.3 Å². The van der Waals surface area contributed by atoms with Gasteiger partial charge in [0.15, 0.2) is 0 Å². The van der Waals surface area contributed by atoms with Crippen molar-refractivity contribution in [1.29, 1.82) is 0 Å². The summed E-state index contributed by atoms with van der Waals surface area (Å²) in [5.74, 6) is 0.462. The first kappa shape index (κ1) is 15.8. The smallest absolute Gasteiger partial charge is 0.249 e. The Morgan fingerprint density at radius 3 is 1.61 bits per heavy atom. The van der Waals surface area contributed by atoms with Crippen LogP contribution in [-0.2, 0) is 19.6 Å². The Labute approximate surface area is 134 Å². The van der Waals surface area contributed by atoms with E-state index in [0.29, 0.717) is 17.0 Å². The summed E-state index contributed by atoms with van der Waals surface area (Å²) in [6.07, 6.45) is -0.750. The molecule has 23 heavy (non-hydrogen) atoms. The minimum absolute atomic E-state index is 0.462. The van der Waals surface area contributed by atoms with Crippen LogP contribution in [0.3, 0.4) is 0 Å². The molecule has 0 amide bonds. The molecule has 5 nitrogen and oxygen atoms in total. The Morgan fingerprint density at radius 1 is 0.783 bits per heavy atom. The third-order valence-electron chi connectivity index (χ3n) is 3.68. The van der Waals surface area contributed by atoms with Gasteiger partial charge in [0.1, 0.15) is 6.29 Å². The van der Waals surface area contributed by atoms with E-state index in [2.05, 4.69) is 13.8 Å². The van der Waals surface area contributed by atoms with Crippen LogP contribution in [-0.4, -0.2) is 6.29 Å². The lowest BCUT2D eigenvalue weighted by molar-refractivity contribution is -0.600. The van der Waals surface area contributed by atoms with Gasteiger partial charge in [-0.3, -0.25) is 4.79 Å². The molecule has 0 saturated carbocycles. The number of aldehydes is 1. The van der Waals surface area contributed by atoms with Gasteiger partial charge in [0.25, 0.3) is 0 Å². The molecule has 0 radical (unpaired) electrons. The number of hydrogen-bond donors (Lipinski definition) is 0. The molecule has 0 bridgehead atoms. The van der Waals surface area contributed by atoms with E-state index in [0.717, 1.165) is 11.8 Å². The molecule has 1 aliphatic heterocycles. The average molecular weight is 314 g/mol. The molecule has 2 aromatic carbocycles. The maximum Gasteiger partial charge on any atom is 0.249 e. The van der Waals surface area contributed by atoms with E-state index in [9.17, 15) is 4.79 Å². The van der Waals surface area contributed by atoms with Crippen LogP contribution in [0.1, 0.15) is 59.4 Å². The quantitative estimate of drug-likeness (QED) is 0.624. The molecule has 0 aliphatic carbocycles. The second-order valence-electron chi connectivity index (χ2n) is 5.65. The Morgan fingerprint density at radius 2 is 1.22 bits per heavy atom. The van der Waals surface area contributed by atoms with Crippen molar-refractivity contribution in [2.45, 2.75) is 32.3 Å². The summed E-state index contributed by atoms with van der Waals surface area (Å²) in [5.41, 5.74) is 3.32. The van der Waals surface area contributed by atoms with Crippen molar-refractivity contribution in [2.24, 2.45) is 0 Å². The van der Waals surface area contributed by atoms with E-state index in [1.165, 1.54) is 5.56 Å². The fourth-order valence-corrected chi connectivity index (χ4v) is 2.23. The number of benzene rings is 2. The zero-order chi connectivity index (χ0) is 16.2. The van der Waals surface area contributed by atoms with Crippen molar-refractivity contribution in [3.05, 3.63) is 70.8 Å². The van der Waals surface area contributed by atoms with E-state index in [1.54, 1.807) is 24.3 Å². The molecule has 1 heterocycles. The predicted octanol–water partition coefficient (Wildman–Crippen LogP) is 4.23. The summed E-state index contributed by atoms with van der Waals surface area (Å²) in [5, 5.41) is 0. The minimum Gasteiger partial charge on any atom is -0.298 e. The summed E-state index contributed by atoms with van der Waals surface area (Å²) in [6, 6.07) is 14.7. The van der Waals surface area contributed by atoms with Gasteiger partial charge in [-0.1, -0.05) is 62.4 Å². The first-order valence-corrected chi connectivity index (χ1v) is 7.46. The van der Waals surface area contributed by atoms with Gasteiger partial charge in [0.05, 0.1) is 0 Å². The number of hydrogen-bond acceptors (Lipinski definition) is 5. The van der Waals surface area contributed by atoms with Crippen molar-refractivity contribution in [1.82, 2.24) is 0 Å². The number of rotatable bonds is 4. The molecule has 0 atom stereocenters. The minimum atomic E-state index is -0.790. The topological polar surface area (TPSA) is 54.0 Å². The van der Waals surface area contributed by atoms with Crippen LogP contribution in [0.25, 0.3) is 0 Å². The highest BCUT2D eigenvalue weighted by atomic mass is 17.4. The number of carbonyl (C=O) groups excluding carboxylic acids is 1. The van der Waals surface area contributed by atoms with E-state index in [-0.39, 0.29) is 0 Å². The summed E-state index contributed by atoms with van der Waals surface area (Å²) in [6.45, 7) is 4.27. The van der Waals surface area contributed by atoms with Gasteiger partial charge < -0.3 is 0 Å². The van der Waals surface area contributed by atoms with Crippen LogP contribution in [0.2, 0.25) is 0 Å². The lowest BCUT2D eigenvalue weighted by atomic mass is 10.0. The third-order valence-corrected chi connectivity index (χ3v) is 3.68. The summed E-state index contributed by atoms with van der Waals surface area (Å²) < 4.78 is 0. The molecule has 1 aliphatic rings. The third kappa shape index (κ3) is 3.65. The molecule has 1 saturated heterocycles. The van der Waals surface area contributed by atoms with Crippen molar-refractivity contribution < 1.29 is 24.3 Å². The fraction of sp³-hybridized carbons (Fsp3) is 0.278. The van der Waals surface area contributed by atoms with E-state index >= 15 is 0 Å². The Balaban J connectivity index is 1.62. The summed E-state index contributed by atoms with van der Waals surface area (Å²) in [7, 11) is 0. The number of carbonyl (C=O) groups is 1. The van der Waals surface area contributed by atoms with Crippen LogP contribution in [0.4, 0.5) is 0 Å². The largest absolute Gasteiger partial charge is 0.298 e. The van der Waals surface area contributed by atoms with Crippen molar-refractivity contribution in [2.75, 3.05) is 0 Å². The second-order valence-corrected chi connectivity index (χ2v) is 5.65. The lowest BCUT2D eigenvalue weighted by Crippen LogP contribution is -2.22. The van der Waals surface area contributed by atoms with Gasteiger partial charge >= 0.3 is 0 Å². The van der Waals surface area contributed by atoms with Crippen LogP contribution in [0.5, 0.6) is 0 Å². The Bertz CT molecular complexity index is 640. The van der Waals surface area contributed by atoms with Crippen molar-refractivity contribution in [3.8, 4) is 0 Å². The molecular formula is C18H18O5. The summed E-state index contributed by atoms with van der Waals surface area (Å²) >= 11 is 0. The van der Waals surface area contributed by atoms with Gasteiger partial charge in [0, 0.05) is 16.7 Å². The second kappa shape index (κ2) is 7.02. The lowest BCUT2D eigenvalue weighted by Gasteiger charge is -2.27. The molecule has 1 fully saturated rings. The molecule has 0 N–H and O–H groups in total. The monoisotopic (exact) mass is 314 g/mol. The average Bonchev–Trinajstić information content (AvgIpc) is 2.62. The Kier molecular flexibility index (Phi) is 4.83. The maximum atomic E-state index is 10.6. The van der Waals surface area contributed by atoms with Gasteiger partial charge in [0.2, 0.25) is 12.6 Å². The van der Waals surface area contributed by atoms with Crippen LogP contribution < -0.4 is 0 Å². The van der Waals surface area contributed by atoms with Crippen molar-refractivity contribution in [3.63, 3.8) is 0 Å². The van der Waals surface area contributed by atoms with Crippen LogP contribution in [0, 0.1) is 0 Å². The fourth-order valence-electron chi connectivity index (χ4n) is 2.23. The van der Waals surface area contributed by atoms with Gasteiger partial charge in [-0.05, 0) is 11.5 Å². The first-order valence-electron chi connectivity index (χ1n) is 7.46. The standard InChI is InChI=1S/C18H18O5/c1-12(2)14-7-9-16(10-8-14)18-22-20-17(21-23-18)15-5-3-13(11-19)4-6-15/h3-12,17-18H,1-2H3. The molecule has 3 rings (SSSR count). The highest BCUT2D eigenvalue weighted by Gasteiger charge is 2.28. The van der Waals surface area contributed by atoms with Gasteiger partial charge in [-0.25, -0.2) is 0 Å². The zero-order valence-corrected chi connectivity index (χ0v) is 13.0. The van der Waals surface area contributed by atoms with Crippen LogP contribution in [0.15, 0.2) is 48.5 Å². The Hall–Kier alpha value is -2.05. The first-order chi connectivity index (χ1) is 11.2. The molecule has 120 valence electrons. The highest BCUT2D eigenvalue weighted by molar-refractivity contribution is 5.74. The van der Waals surface area contributed by atoms with Gasteiger partial charge in [-0.2, -0.15) is 19.6 Å². The predicted molar refractivity (Wildman–Crippen MR) is 82.2 cm³/mol. The highest BCUT2D eigenvalue weighted by Crippen LogP contribution is 2.32. The molecule has 2 aromatic rings. The van der Waals surface area contributed by atoms with Gasteiger partial charge in [-0.15, -0.1) is 0 Å². The maximum absolute atomic E-state index is 10.6. The molecule has 0 spiro atoms. The van der Waals surface area contributed by atoms with E-state index < -0.39 is 12.6 Å². The molecule has 0 aromatic heterocycles. The SMILES string of the molecule is CC(C)c1ccc(C2OOC(c3ccc(C=O)cc3)OO2)cc1. The van der Waals surface area contributed by atoms with Crippen LogP contribution >= 0.6 is 0 Å². The molecule has 5 heteroatoms. The van der Waals surface area contributed by atoms with Crippen molar-refractivity contribution >= 4 is 6.29 Å².